The molecule has 0 spiro atoms. The van der Waals surface area contributed by atoms with E-state index in [9.17, 15) is 0 Å². The number of hydrogen-bond donors (Lipinski definition) is 1. The van der Waals surface area contributed by atoms with Gasteiger partial charge in [-0.1, -0.05) is 13.0 Å². The van der Waals surface area contributed by atoms with Gasteiger partial charge in [-0.2, -0.15) is 0 Å². The third-order valence-electron chi connectivity index (χ3n) is 2.61. The molecule has 0 bridgehead atoms. The minimum Gasteiger partial charge on any atom is -0.497 e. The smallest absolute Gasteiger partial charge is 0.128 e. The Labute approximate surface area is 97.6 Å². The number of hydrogen-bond acceptors (Lipinski definition) is 3. The molecule has 3 nitrogen and oxygen atoms in total. The molecule has 0 fully saturated rings. The van der Waals surface area contributed by atoms with Gasteiger partial charge in [-0.05, 0) is 26.3 Å². The highest BCUT2D eigenvalue weighted by Gasteiger charge is 2.11. The summed E-state index contributed by atoms with van der Waals surface area (Å²) in [5.41, 5.74) is 6.92. The molecule has 1 rings (SSSR count). The fraction of sp³-hybridized carbons (Fsp3) is 0.538. The molecule has 0 aliphatic carbocycles. The van der Waals surface area contributed by atoms with E-state index in [1.165, 1.54) is 0 Å². The van der Waals surface area contributed by atoms with Gasteiger partial charge in [0.05, 0.1) is 13.2 Å². The van der Waals surface area contributed by atoms with E-state index >= 15 is 0 Å². The lowest BCUT2D eigenvalue weighted by atomic mass is 10.1. The van der Waals surface area contributed by atoms with Crippen LogP contribution in [0.15, 0.2) is 18.2 Å². The molecule has 0 aromatic heterocycles. The second kappa shape index (κ2) is 5.75. The van der Waals surface area contributed by atoms with Crippen LogP contribution in [0, 0.1) is 0 Å². The summed E-state index contributed by atoms with van der Waals surface area (Å²) in [6.07, 6.45) is 1.15. The normalized spacial score (nSPS) is 14.3. The SMILES string of the molecule is CCC(C)Oc1cc(OC)ccc1[C@H](C)N. The topological polar surface area (TPSA) is 44.5 Å². The summed E-state index contributed by atoms with van der Waals surface area (Å²) in [6, 6.07) is 5.72. The highest BCUT2D eigenvalue weighted by Crippen LogP contribution is 2.29. The first-order chi connectivity index (χ1) is 7.58. The number of rotatable bonds is 5. The number of nitrogens with two attached hydrogens (primary N) is 1. The molecule has 3 heteroatoms. The van der Waals surface area contributed by atoms with Crippen molar-refractivity contribution in [3.8, 4) is 11.5 Å². The van der Waals surface area contributed by atoms with E-state index in [4.69, 9.17) is 15.2 Å². The molecule has 0 saturated carbocycles. The zero-order valence-corrected chi connectivity index (χ0v) is 10.5. The van der Waals surface area contributed by atoms with E-state index in [1.807, 2.05) is 32.0 Å². The average molecular weight is 223 g/mol. The molecule has 0 aliphatic heterocycles. The molecule has 2 N–H and O–H groups in total. The van der Waals surface area contributed by atoms with E-state index in [0.717, 1.165) is 23.5 Å². The van der Waals surface area contributed by atoms with Gasteiger partial charge >= 0.3 is 0 Å². The monoisotopic (exact) mass is 223 g/mol. The fourth-order valence-corrected chi connectivity index (χ4v) is 1.42. The molecule has 0 radical (unpaired) electrons. The maximum Gasteiger partial charge on any atom is 0.128 e. The molecule has 1 unspecified atom stereocenters. The Morgan fingerprint density at radius 2 is 2.00 bits per heavy atom. The van der Waals surface area contributed by atoms with E-state index < -0.39 is 0 Å². The van der Waals surface area contributed by atoms with Gasteiger partial charge in [-0.25, -0.2) is 0 Å². The molecule has 1 aromatic rings. The van der Waals surface area contributed by atoms with Crippen LogP contribution in [-0.2, 0) is 0 Å². The van der Waals surface area contributed by atoms with Gasteiger partial charge in [0.15, 0.2) is 0 Å². The number of methoxy groups -OCH3 is 1. The molecular weight excluding hydrogens is 202 g/mol. The van der Waals surface area contributed by atoms with Crippen LogP contribution in [0.3, 0.4) is 0 Å². The van der Waals surface area contributed by atoms with E-state index in [2.05, 4.69) is 6.92 Å². The third kappa shape index (κ3) is 3.14. The molecule has 0 heterocycles. The van der Waals surface area contributed by atoms with Crippen molar-refractivity contribution in [1.29, 1.82) is 0 Å². The van der Waals surface area contributed by atoms with Crippen LogP contribution in [0.1, 0.15) is 38.8 Å². The van der Waals surface area contributed by atoms with Gasteiger partial charge in [0, 0.05) is 17.7 Å². The predicted octanol–water partition coefficient (Wildman–Crippen LogP) is 2.89. The largest absolute Gasteiger partial charge is 0.497 e. The molecule has 0 saturated heterocycles. The Hall–Kier alpha value is -1.22. The van der Waals surface area contributed by atoms with Crippen molar-refractivity contribution in [2.45, 2.75) is 39.3 Å². The van der Waals surface area contributed by atoms with Gasteiger partial charge in [0.25, 0.3) is 0 Å². The minimum absolute atomic E-state index is 0.0371. The average Bonchev–Trinajstić information content (AvgIpc) is 2.28. The molecular formula is C13H21NO2. The third-order valence-corrected chi connectivity index (χ3v) is 2.61. The Morgan fingerprint density at radius 3 is 2.50 bits per heavy atom. The van der Waals surface area contributed by atoms with Crippen LogP contribution in [0.25, 0.3) is 0 Å². The zero-order valence-electron chi connectivity index (χ0n) is 10.5. The maximum absolute atomic E-state index is 5.90. The molecule has 90 valence electrons. The highest BCUT2D eigenvalue weighted by atomic mass is 16.5. The summed E-state index contributed by atoms with van der Waals surface area (Å²) in [5.74, 6) is 1.62. The van der Waals surface area contributed by atoms with Gasteiger partial charge < -0.3 is 15.2 Å². The van der Waals surface area contributed by atoms with E-state index in [1.54, 1.807) is 7.11 Å². The van der Waals surface area contributed by atoms with Crippen molar-refractivity contribution < 1.29 is 9.47 Å². The van der Waals surface area contributed by atoms with Gasteiger partial charge in [-0.3, -0.25) is 0 Å². The Morgan fingerprint density at radius 1 is 1.31 bits per heavy atom. The molecule has 0 aliphatic rings. The van der Waals surface area contributed by atoms with E-state index in [0.29, 0.717) is 0 Å². The lowest BCUT2D eigenvalue weighted by molar-refractivity contribution is 0.213. The zero-order chi connectivity index (χ0) is 12.1. The van der Waals surface area contributed by atoms with Gasteiger partial charge in [-0.15, -0.1) is 0 Å². The summed E-state index contributed by atoms with van der Waals surface area (Å²) in [5, 5.41) is 0. The second-order valence-corrected chi connectivity index (χ2v) is 4.03. The fourth-order valence-electron chi connectivity index (χ4n) is 1.42. The predicted molar refractivity (Wildman–Crippen MR) is 66.0 cm³/mol. The van der Waals surface area contributed by atoms with Crippen LogP contribution in [-0.4, -0.2) is 13.2 Å². The number of benzene rings is 1. The van der Waals surface area contributed by atoms with Crippen LogP contribution in [0.5, 0.6) is 11.5 Å². The summed E-state index contributed by atoms with van der Waals surface area (Å²) in [6.45, 7) is 6.09. The summed E-state index contributed by atoms with van der Waals surface area (Å²) in [4.78, 5) is 0. The quantitative estimate of drug-likeness (QED) is 0.834. The first kappa shape index (κ1) is 12.8. The van der Waals surface area contributed by atoms with Crippen molar-refractivity contribution in [2.75, 3.05) is 7.11 Å². The van der Waals surface area contributed by atoms with Crippen LogP contribution < -0.4 is 15.2 Å². The first-order valence-corrected chi connectivity index (χ1v) is 5.68. The van der Waals surface area contributed by atoms with Crippen LogP contribution >= 0.6 is 0 Å². The van der Waals surface area contributed by atoms with Gasteiger partial charge in [0.1, 0.15) is 11.5 Å². The Balaban J connectivity index is 3.00. The Kier molecular flexibility index (Phi) is 4.62. The lowest BCUT2D eigenvalue weighted by Crippen LogP contribution is -2.14. The Bertz CT molecular complexity index is 337. The summed E-state index contributed by atoms with van der Waals surface area (Å²) < 4.78 is 11.0. The number of ether oxygens (including phenoxy) is 2. The summed E-state index contributed by atoms with van der Waals surface area (Å²) >= 11 is 0. The first-order valence-electron chi connectivity index (χ1n) is 5.68. The van der Waals surface area contributed by atoms with Crippen molar-refractivity contribution in [2.24, 2.45) is 5.73 Å². The van der Waals surface area contributed by atoms with Crippen molar-refractivity contribution >= 4 is 0 Å². The lowest BCUT2D eigenvalue weighted by Gasteiger charge is -2.18. The summed E-state index contributed by atoms with van der Waals surface area (Å²) in [7, 11) is 1.65. The van der Waals surface area contributed by atoms with Crippen LogP contribution in [0.4, 0.5) is 0 Å². The van der Waals surface area contributed by atoms with Crippen LogP contribution in [0.2, 0.25) is 0 Å². The standard InChI is InChI=1S/C13H21NO2/c1-5-9(2)16-13-8-11(15-4)6-7-12(13)10(3)14/h6-10H,5,14H2,1-4H3/t9?,10-/m0/s1. The molecule has 16 heavy (non-hydrogen) atoms. The van der Waals surface area contributed by atoms with Crippen molar-refractivity contribution in [3.63, 3.8) is 0 Å². The van der Waals surface area contributed by atoms with Crippen molar-refractivity contribution in [1.82, 2.24) is 0 Å². The molecule has 2 atom stereocenters. The second-order valence-electron chi connectivity index (χ2n) is 4.03. The van der Waals surface area contributed by atoms with Gasteiger partial charge in [0.2, 0.25) is 0 Å². The van der Waals surface area contributed by atoms with Crippen molar-refractivity contribution in [3.05, 3.63) is 23.8 Å². The molecule has 1 aromatic carbocycles. The highest BCUT2D eigenvalue weighted by molar-refractivity contribution is 5.42. The van der Waals surface area contributed by atoms with E-state index in [-0.39, 0.29) is 12.1 Å². The molecule has 0 amide bonds. The maximum atomic E-state index is 5.90. The minimum atomic E-state index is -0.0371.